The van der Waals surface area contributed by atoms with Crippen molar-refractivity contribution < 1.29 is 4.79 Å². The number of carbonyl (C=O) groups is 1. The molecular weight excluding hydrogens is 363 g/mol. The average Bonchev–Trinajstić information content (AvgIpc) is 2.46. The van der Waals surface area contributed by atoms with Crippen LogP contribution in [0, 0.1) is 0 Å². The predicted molar refractivity (Wildman–Crippen MR) is 97.8 cm³/mol. The molecule has 0 aromatic heterocycles. The van der Waals surface area contributed by atoms with Crippen molar-refractivity contribution in [3.63, 3.8) is 0 Å². The molecule has 1 aliphatic rings. The molecule has 2 atom stereocenters. The zero-order valence-corrected chi connectivity index (χ0v) is 15.8. The fourth-order valence-electron chi connectivity index (χ4n) is 2.76. The van der Waals surface area contributed by atoms with Crippen LogP contribution in [0.15, 0.2) is 17.0 Å². The number of likely N-dealkylation sites (tertiary alicyclic amines) is 1. The maximum atomic E-state index is 12.8. The Balaban J connectivity index is 0.00000242. The third kappa shape index (κ3) is 4.24. The summed E-state index contributed by atoms with van der Waals surface area (Å²) in [4.78, 5) is 15.6. The van der Waals surface area contributed by atoms with Crippen LogP contribution in [0.3, 0.4) is 0 Å². The van der Waals surface area contributed by atoms with Crippen molar-refractivity contribution >= 4 is 53.3 Å². The lowest BCUT2D eigenvalue weighted by atomic mass is 9.96. The number of thioether (sulfide) groups is 1. The third-order valence-electron chi connectivity index (χ3n) is 3.89. The number of hydrogen-bond acceptors (Lipinski definition) is 3. The second kappa shape index (κ2) is 8.65. The van der Waals surface area contributed by atoms with Gasteiger partial charge in [-0.2, -0.15) is 0 Å². The lowest BCUT2D eigenvalue weighted by molar-refractivity contribution is 0.0584. The summed E-state index contributed by atoms with van der Waals surface area (Å²) >= 11 is 13.9. The van der Waals surface area contributed by atoms with Gasteiger partial charge in [0.25, 0.3) is 5.91 Å². The Morgan fingerprint density at radius 2 is 2.05 bits per heavy atom. The molecule has 1 amide bonds. The molecule has 2 rings (SSSR count). The Morgan fingerprint density at radius 1 is 1.36 bits per heavy atom. The highest BCUT2D eigenvalue weighted by Crippen LogP contribution is 2.33. The highest BCUT2D eigenvalue weighted by atomic mass is 35.5. The van der Waals surface area contributed by atoms with Gasteiger partial charge in [0.05, 0.1) is 15.6 Å². The summed E-state index contributed by atoms with van der Waals surface area (Å²) < 4.78 is 0. The smallest absolute Gasteiger partial charge is 0.255 e. The minimum Gasteiger partial charge on any atom is -0.334 e. The molecule has 0 spiro atoms. The number of halogens is 3. The predicted octanol–water partition coefficient (Wildman–Crippen LogP) is 4.48. The van der Waals surface area contributed by atoms with E-state index in [-0.39, 0.29) is 30.4 Å². The van der Waals surface area contributed by atoms with Crippen molar-refractivity contribution in [2.75, 3.05) is 12.8 Å². The van der Waals surface area contributed by atoms with Gasteiger partial charge in [-0.1, -0.05) is 23.2 Å². The molecule has 1 saturated heterocycles. The molecule has 0 bridgehead atoms. The van der Waals surface area contributed by atoms with Crippen molar-refractivity contribution in [2.45, 2.75) is 43.2 Å². The number of amides is 1. The summed E-state index contributed by atoms with van der Waals surface area (Å²) in [5.74, 6) is -0.0473. The lowest BCUT2D eigenvalue weighted by Crippen LogP contribution is -2.51. The summed E-state index contributed by atoms with van der Waals surface area (Å²) in [5, 5.41) is 0.975. The fourth-order valence-corrected chi connectivity index (χ4v) is 3.95. The molecule has 1 aliphatic heterocycles. The summed E-state index contributed by atoms with van der Waals surface area (Å²) in [6, 6.07) is 3.47. The SMILES string of the molecule is CSc1cc(C(=O)N2CCCCC2C(C)N)c(Cl)cc1Cl.Cl. The van der Waals surface area contributed by atoms with Gasteiger partial charge in [-0.05, 0) is 44.6 Å². The molecular formula is C15H21Cl3N2OS. The zero-order valence-electron chi connectivity index (χ0n) is 12.6. The molecule has 1 fully saturated rings. The van der Waals surface area contributed by atoms with Crippen LogP contribution < -0.4 is 5.73 Å². The van der Waals surface area contributed by atoms with Gasteiger partial charge in [-0.25, -0.2) is 0 Å². The summed E-state index contributed by atoms with van der Waals surface area (Å²) in [6.45, 7) is 2.69. The molecule has 124 valence electrons. The first-order chi connectivity index (χ1) is 9.95. The van der Waals surface area contributed by atoms with Crippen molar-refractivity contribution in [2.24, 2.45) is 5.73 Å². The van der Waals surface area contributed by atoms with Gasteiger partial charge < -0.3 is 10.6 Å². The number of hydrogen-bond donors (Lipinski definition) is 1. The van der Waals surface area contributed by atoms with Crippen molar-refractivity contribution in [1.82, 2.24) is 4.90 Å². The van der Waals surface area contributed by atoms with Gasteiger partial charge in [-0.15, -0.1) is 24.2 Å². The van der Waals surface area contributed by atoms with E-state index in [0.29, 0.717) is 15.6 Å². The summed E-state index contributed by atoms with van der Waals surface area (Å²) in [5.41, 5.74) is 6.55. The maximum absolute atomic E-state index is 12.8. The van der Waals surface area contributed by atoms with E-state index in [0.717, 1.165) is 30.7 Å². The second-order valence-electron chi connectivity index (χ2n) is 5.39. The normalized spacial score (nSPS) is 19.5. The number of nitrogens with zero attached hydrogens (tertiary/aromatic N) is 1. The summed E-state index contributed by atoms with van der Waals surface area (Å²) in [6.07, 6.45) is 5.00. The molecule has 1 aromatic rings. The topological polar surface area (TPSA) is 46.3 Å². The Kier molecular flexibility index (Phi) is 7.83. The first kappa shape index (κ1) is 19.9. The monoisotopic (exact) mass is 382 g/mol. The molecule has 2 unspecified atom stereocenters. The Bertz CT molecular complexity index is 540. The van der Waals surface area contributed by atoms with Gasteiger partial charge in [-0.3, -0.25) is 4.79 Å². The van der Waals surface area contributed by atoms with Crippen LogP contribution in [0.1, 0.15) is 36.5 Å². The van der Waals surface area contributed by atoms with E-state index in [1.165, 1.54) is 11.8 Å². The largest absolute Gasteiger partial charge is 0.334 e. The maximum Gasteiger partial charge on any atom is 0.255 e. The van der Waals surface area contributed by atoms with Crippen LogP contribution in [0.5, 0.6) is 0 Å². The second-order valence-corrected chi connectivity index (χ2v) is 7.05. The van der Waals surface area contributed by atoms with Gasteiger partial charge in [0.15, 0.2) is 0 Å². The molecule has 2 N–H and O–H groups in total. The highest BCUT2D eigenvalue weighted by molar-refractivity contribution is 7.98. The lowest BCUT2D eigenvalue weighted by Gasteiger charge is -2.38. The molecule has 0 aliphatic carbocycles. The minimum absolute atomic E-state index is 0. The molecule has 1 heterocycles. The van der Waals surface area contributed by atoms with Gasteiger partial charge in [0, 0.05) is 23.5 Å². The quantitative estimate of drug-likeness (QED) is 0.783. The van der Waals surface area contributed by atoms with Crippen molar-refractivity contribution in [1.29, 1.82) is 0 Å². The van der Waals surface area contributed by atoms with Gasteiger partial charge in [0.1, 0.15) is 0 Å². The minimum atomic E-state index is -0.0473. The average molecular weight is 384 g/mol. The Hall–Kier alpha value is -0.130. The van der Waals surface area contributed by atoms with Crippen LogP contribution >= 0.6 is 47.4 Å². The fraction of sp³-hybridized carbons (Fsp3) is 0.533. The molecule has 1 aromatic carbocycles. The standard InChI is InChI=1S/C15H20Cl2N2OS.ClH/c1-9(18)13-5-3-4-6-19(13)15(20)10-7-14(21-2)12(17)8-11(10)16;/h7-9,13H,3-6,18H2,1-2H3;1H. The van der Waals surface area contributed by atoms with E-state index in [9.17, 15) is 4.79 Å². The number of benzene rings is 1. The molecule has 7 heteroatoms. The van der Waals surface area contributed by atoms with E-state index < -0.39 is 0 Å². The molecule has 0 saturated carbocycles. The summed E-state index contributed by atoms with van der Waals surface area (Å²) in [7, 11) is 0. The van der Waals surface area contributed by atoms with E-state index >= 15 is 0 Å². The van der Waals surface area contributed by atoms with Crippen LogP contribution in [0.25, 0.3) is 0 Å². The van der Waals surface area contributed by atoms with E-state index in [1.54, 1.807) is 12.1 Å². The first-order valence-corrected chi connectivity index (χ1v) is 9.03. The molecule has 22 heavy (non-hydrogen) atoms. The van der Waals surface area contributed by atoms with E-state index in [1.807, 2.05) is 18.1 Å². The number of carbonyl (C=O) groups excluding carboxylic acids is 1. The number of piperidine rings is 1. The van der Waals surface area contributed by atoms with Crippen LogP contribution in [-0.2, 0) is 0 Å². The van der Waals surface area contributed by atoms with Crippen LogP contribution in [-0.4, -0.2) is 35.7 Å². The van der Waals surface area contributed by atoms with Crippen LogP contribution in [0.4, 0.5) is 0 Å². The molecule has 3 nitrogen and oxygen atoms in total. The van der Waals surface area contributed by atoms with E-state index in [2.05, 4.69) is 0 Å². The van der Waals surface area contributed by atoms with Gasteiger partial charge in [0.2, 0.25) is 0 Å². The zero-order chi connectivity index (χ0) is 15.6. The van der Waals surface area contributed by atoms with Crippen LogP contribution in [0.2, 0.25) is 10.0 Å². The van der Waals surface area contributed by atoms with Gasteiger partial charge >= 0.3 is 0 Å². The van der Waals surface area contributed by atoms with Crippen molar-refractivity contribution in [3.8, 4) is 0 Å². The molecule has 0 radical (unpaired) electrons. The Labute approximate surface area is 152 Å². The first-order valence-electron chi connectivity index (χ1n) is 7.05. The third-order valence-corrected chi connectivity index (χ3v) is 5.40. The number of nitrogens with two attached hydrogens (primary N) is 1. The number of rotatable bonds is 3. The highest BCUT2D eigenvalue weighted by Gasteiger charge is 2.31. The van der Waals surface area contributed by atoms with Crippen molar-refractivity contribution in [3.05, 3.63) is 27.7 Å². The van der Waals surface area contributed by atoms with E-state index in [4.69, 9.17) is 28.9 Å². The Morgan fingerprint density at radius 3 is 2.64 bits per heavy atom.